The minimum Gasteiger partial charge on any atom is -0.323 e. The van der Waals surface area contributed by atoms with Crippen molar-refractivity contribution < 1.29 is 9.30 Å². The van der Waals surface area contributed by atoms with E-state index in [1.54, 1.807) is 0 Å². The van der Waals surface area contributed by atoms with Crippen molar-refractivity contribution in [2.24, 2.45) is 0 Å². The number of nitrogens with zero attached hydrogens (tertiary/aromatic N) is 1. The van der Waals surface area contributed by atoms with E-state index in [1.807, 2.05) is 17.0 Å². The molecular formula is C14H23ClNO+. The van der Waals surface area contributed by atoms with Crippen LogP contribution < -0.4 is 4.57 Å². The van der Waals surface area contributed by atoms with Crippen LogP contribution >= 0.6 is 11.6 Å². The Bertz CT molecular complexity index is 328. The normalized spacial score (nSPS) is 10.8. The van der Waals surface area contributed by atoms with E-state index in [4.69, 9.17) is 16.3 Å². The summed E-state index contributed by atoms with van der Waals surface area (Å²) in [5.74, 6) is 0. The fourth-order valence-electron chi connectivity index (χ4n) is 1.70. The van der Waals surface area contributed by atoms with Crippen LogP contribution in [0.2, 0.25) is 5.02 Å². The number of rotatable bonds is 8. The zero-order valence-electron chi connectivity index (χ0n) is 10.9. The second kappa shape index (κ2) is 8.48. The monoisotopic (exact) mass is 256 g/mol. The van der Waals surface area contributed by atoms with E-state index in [2.05, 4.69) is 19.9 Å². The van der Waals surface area contributed by atoms with Gasteiger partial charge in [0, 0.05) is 6.07 Å². The molecular weight excluding hydrogens is 234 g/mol. The van der Waals surface area contributed by atoms with Crippen molar-refractivity contribution in [3.8, 4) is 0 Å². The van der Waals surface area contributed by atoms with Gasteiger partial charge in [-0.05, 0) is 18.4 Å². The molecule has 2 nitrogen and oxygen atoms in total. The second-order valence-electron chi connectivity index (χ2n) is 4.28. The Morgan fingerprint density at radius 2 is 2.06 bits per heavy atom. The highest BCUT2D eigenvalue weighted by Gasteiger charge is 2.05. The lowest BCUT2D eigenvalue weighted by atomic mass is 10.2. The number of ether oxygens (including phenoxy) is 1. The first-order valence-electron chi connectivity index (χ1n) is 6.53. The molecule has 0 radical (unpaired) electrons. The van der Waals surface area contributed by atoms with E-state index in [0.717, 1.165) is 24.5 Å². The summed E-state index contributed by atoms with van der Waals surface area (Å²) >= 11 is 6.13. The SMILES string of the molecule is CCCCCCOC[n+]1ccc(CC)c(Cl)c1. The van der Waals surface area contributed by atoms with E-state index < -0.39 is 0 Å². The van der Waals surface area contributed by atoms with Crippen molar-refractivity contribution in [3.05, 3.63) is 29.0 Å². The lowest BCUT2D eigenvalue weighted by Gasteiger charge is -2.02. The number of unbranched alkanes of at least 4 members (excludes halogenated alkanes) is 3. The summed E-state index contributed by atoms with van der Waals surface area (Å²) < 4.78 is 7.59. The van der Waals surface area contributed by atoms with Gasteiger partial charge in [0.25, 0.3) is 6.73 Å². The first-order chi connectivity index (χ1) is 8.27. The smallest absolute Gasteiger partial charge is 0.252 e. The average Bonchev–Trinajstić information content (AvgIpc) is 2.34. The van der Waals surface area contributed by atoms with Gasteiger partial charge in [-0.25, -0.2) is 0 Å². The van der Waals surface area contributed by atoms with Crippen LogP contribution in [0.1, 0.15) is 45.1 Å². The summed E-state index contributed by atoms with van der Waals surface area (Å²) in [6.45, 7) is 5.75. The first-order valence-corrected chi connectivity index (χ1v) is 6.91. The van der Waals surface area contributed by atoms with E-state index in [9.17, 15) is 0 Å². The molecule has 17 heavy (non-hydrogen) atoms. The van der Waals surface area contributed by atoms with Gasteiger partial charge in [0.2, 0.25) is 0 Å². The highest BCUT2D eigenvalue weighted by atomic mass is 35.5. The van der Waals surface area contributed by atoms with Crippen molar-refractivity contribution in [1.82, 2.24) is 0 Å². The summed E-state index contributed by atoms with van der Waals surface area (Å²) in [6, 6.07) is 2.06. The Hall–Kier alpha value is -0.600. The van der Waals surface area contributed by atoms with Crippen LogP contribution in [-0.4, -0.2) is 6.61 Å². The third-order valence-electron chi connectivity index (χ3n) is 2.82. The lowest BCUT2D eigenvalue weighted by molar-refractivity contribution is -0.732. The molecule has 3 heteroatoms. The van der Waals surface area contributed by atoms with Crippen molar-refractivity contribution >= 4 is 11.6 Å². The fraction of sp³-hybridized carbons (Fsp3) is 0.643. The minimum absolute atomic E-state index is 0.593. The largest absolute Gasteiger partial charge is 0.323 e. The number of pyridine rings is 1. The molecule has 96 valence electrons. The number of aromatic nitrogens is 1. The molecule has 1 aromatic heterocycles. The van der Waals surface area contributed by atoms with Gasteiger partial charge in [-0.2, -0.15) is 4.57 Å². The molecule has 0 bridgehead atoms. The van der Waals surface area contributed by atoms with Crippen LogP contribution in [0, 0.1) is 0 Å². The van der Waals surface area contributed by atoms with Gasteiger partial charge in [0.05, 0.1) is 6.61 Å². The molecule has 0 atom stereocenters. The molecule has 0 aliphatic carbocycles. The Morgan fingerprint density at radius 3 is 2.71 bits per heavy atom. The quantitative estimate of drug-likeness (QED) is 0.510. The van der Waals surface area contributed by atoms with Gasteiger partial charge in [0.1, 0.15) is 5.02 Å². The first kappa shape index (κ1) is 14.5. The average molecular weight is 257 g/mol. The number of hydrogen-bond donors (Lipinski definition) is 0. The van der Waals surface area contributed by atoms with E-state index >= 15 is 0 Å². The van der Waals surface area contributed by atoms with Crippen LogP contribution in [-0.2, 0) is 17.9 Å². The number of hydrogen-bond acceptors (Lipinski definition) is 1. The Balaban J connectivity index is 2.25. The lowest BCUT2D eigenvalue weighted by Crippen LogP contribution is -2.34. The Morgan fingerprint density at radius 1 is 1.24 bits per heavy atom. The molecule has 1 heterocycles. The summed E-state index contributed by atoms with van der Waals surface area (Å²) in [7, 11) is 0. The summed E-state index contributed by atoms with van der Waals surface area (Å²) in [6.07, 6.45) is 9.91. The zero-order valence-corrected chi connectivity index (χ0v) is 11.7. The predicted molar refractivity (Wildman–Crippen MR) is 71.1 cm³/mol. The highest BCUT2D eigenvalue weighted by molar-refractivity contribution is 6.31. The molecule has 0 aliphatic rings. The van der Waals surface area contributed by atoms with Gasteiger partial charge in [0.15, 0.2) is 12.4 Å². The van der Waals surface area contributed by atoms with Crippen LogP contribution in [0.25, 0.3) is 0 Å². The number of aryl methyl sites for hydroxylation is 1. The van der Waals surface area contributed by atoms with E-state index in [-0.39, 0.29) is 0 Å². The van der Waals surface area contributed by atoms with Gasteiger partial charge in [-0.1, -0.05) is 44.7 Å². The maximum Gasteiger partial charge on any atom is 0.252 e. The molecule has 0 unspecified atom stereocenters. The molecule has 0 saturated carbocycles. The molecule has 0 fully saturated rings. The molecule has 0 spiro atoms. The molecule has 0 N–H and O–H groups in total. The topological polar surface area (TPSA) is 13.1 Å². The van der Waals surface area contributed by atoms with Gasteiger partial charge in [-0.15, -0.1) is 0 Å². The standard InChI is InChI=1S/C14H23ClNO/c1-3-5-6-7-10-17-12-16-9-8-13(4-2)14(15)11-16/h8-9,11H,3-7,10,12H2,1-2H3/q+1. The van der Waals surface area contributed by atoms with Crippen molar-refractivity contribution in [3.63, 3.8) is 0 Å². The fourth-order valence-corrected chi connectivity index (χ4v) is 2.03. The van der Waals surface area contributed by atoms with Gasteiger partial charge >= 0.3 is 0 Å². The second-order valence-corrected chi connectivity index (χ2v) is 4.69. The van der Waals surface area contributed by atoms with Crippen molar-refractivity contribution in [1.29, 1.82) is 0 Å². The predicted octanol–water partition coefficient (Wildman–Crippen LogP) is 3.74. The van der Waals surface area contributed by atoms with E-state index in [1.165, 1.54) is 24.8 Å². The third-order valence-corrected chi connectivity index (χ3v) is 3.16. The van der Waals surface area contributed by atoms with Crippen LogP contribution in [0.4, 0.5) is 0 Å². The van der Waals surface area contributed by atoms with Crippen LogP contribution in [0.5, 0.6) is 0 Å². The Labute approximate surface area is 110 Å². The summed E-state index contributed by atoms with van der Waals surface area (Å²) in [5.41, 5.74) is 1.19. The van der Waals surface area contributed by atoms with E-state index in [0.29, 0.717) is 6.73 Å². The Kier molecular flexibility index (Phi) is 7.22. The molecule has 0 saturated heterocycles. The van der Waals surface area contributed by atoms with Crippen LogP contribution in [0.3, 0.4) is 0 Å². The van der Waals surface area contributed by atoms with Gasteiger partial charge in [-0.3, -0.25) is 0 Å². The summed E-state index contributed by atoms with van der Waals surface area (Å²) in [4.78, 5) is 0. The molecule has 1 aromatic rings. The maximum absolute atomic E-state index is 6.13. The molecule has 0 amide bonds. The van der Waals surface area contributed by atoms with Crippen LogP contribution in [0.15, 0.2) is 18.5 Å². The minimum atomic E-state index is 0.593. The maximum atomic E-state index is 6.13. The molecule has 1 rings (SSSR count). The zero-order chi connectivity index (χ0) is 12.5. The van der Waals surface area contributed by atoms with Gasteiger partial charge < -0.3 is 4.74 Å². The molecule has 0 aliphatic heterocycles. The third kappa shape index (κ3) is 5.51. The molecule has 0 aromatic carbocycles. The summed E-state index contributed by atoms with van der Waals surface area (Å²) in [5, 5.41) is 0.824. The number of halogens is 1. The van der Waals surface area contributed by atoms with Crippen molar-refractivity contribution in [2.75, 3.05) is 6.61 Å². The van der Waals surface area contributed by atoms with Crippen molar-refractivity contribution in [2.45, 2.75) is 52.7 Å². The highest BCUT2D eigenvalue weighted by Crippen LogP contribution is 2.12.